The number of unbranched alkanes of at least 4 members (excludes halogenated alkanes) is 9. The van der Waals surface area contributed by atoms with Crippen molar-refractivity contribution in [2.75, 3.05) is 32.1 Å². The fourth-order valence-corrected chi connectivity index (χ4v) is 12.7. The van der Waals surface area contributed by atoms with E-state index < -0.39 is 94.3 Å². The SMILES string of the molecule is NCCCCCCCCCCCCOc1ccc(C(=O)Oc2ccc(CSP3(=O)OC[C@H]4O[C@@H](n5cnc6c(N)ncnc65)[C@H](F)[C@@H]4OP(=O)(O)OC[C@H]4O[C@@H](n5ccc(=O)[nH]c5=O)[C@H](F)[C@@H]4O3)cc2)cc1. The van der Waals surface area contributed by atoms with E-state index in [1.807, 2.05) is 4.98 Å². The summed E-state index contributed by atoms with van der Waals surface area (Å²) in [5, 5.41) is 0. The Morgan fingerprint density at radius 2 is 1.40 bits per heavy atom. The molecule has 10 atom stereocenters. The number of ether oxygens (including phenoxy) is 4. The van der Waals surface area contributed by atoms with Crippen LogP contribution in [0.2, 0.25) is 0 Å². The van der Waals surface area contributed by atoms with Crippen LogP contribution in [-0.2, 0) is 42.5 Å². The minimum Gasteiger partial charge on any atom is -0.494 e. The molecule has 22 nitrogen and oxygen atoms in total. The molecule has 0 saturated carbocycles. The van der Waals surface area contributed by atoms with Crippen LogP contribution in [0.3, 0.4) is 0 Å². The number of phosphoric acid groups is 1. The molecule has 27 heteroatoms. The van der Waals surface area contributed by atoms with Crippen LogP contribution in [0, 0.1) is 0 Å². The van der Waals surface area contributed by atoms with E-state index in [4.69, 9.17) is 48.5 Å². The van der Waals surface area contributed by atoms with Gasteiger partial charge in [0, 0.05) is 18.0 Å². The van der Waals surface area contributed by atoms with Crippen molar-refractivity contribution in [3.05, 3.63) is 105 Å². The normalized spacial score (nSPS) is 27.7. The molecule has 3 aliphatic rings. The lowest BCUT2D eigenvalue weighted by atomic mass is 10.1. The van der Waals surface area contributed by atoms with Gasteiger partial charge in [0.25, 0.3) is 5.56 Å². The number of rotatable bonds is 20. The topological polar surface area (TPSA) is 296 Å². The van der Waals surface area contributed by atoms with Crippen LogP contribution in [0.5, 0.6) is 11.5 Å². The predicted molar refractivity (Wildman–Crippen MR) is 258 cm³/mol. The van der Waals surface area contributed by atoms with E-state index in [-0.39, 0.29) is 28.5 Å². The molecule has 6 heterocycles. The average Bonchev–Trinajstić information content (AvgIpc) is 4.02. The molecule has 2 unspecified atom stereocenters. The molecular formula is C45H56F2N8O14P2S. The fraction of sp³-hybridized carbons (Fsp3) is 0.511. The molecule has 0 spiro atoms. The number of nitrogens with two attached hydrogens (primary N) is 2. The van der Waals surface area contributed by atoms with Gasteiger partial charge in [-0.15, -0.1) is 0 Å². The van der Waals surface area contributed by atoms with E-state index in [0.717, 1.165) is 55.4 Å². The minimum atomic E-state index is -5.24. The summed E-state index contributed by atoms with van der Waals surface area (Å²) in [6.07, 6.45) is -0.0607. The Kier molecular flexibility index (Phi) is 18.1. The quantitative estimate of drug-likeness (QED) is 0.0268. The van der Waals surface area contributed by atoms with Gasteiger partial charge in [-0.25, -0.2) is 42.5 Å². The number of carbonyl (C=O) groups is 1. The van der Waals surface area contributed by atoms with Gasteiger partial charge in [-0.2, -0.15) is 0 Å². The van der Waals surface area contributed by atoms with Crippen molar-refractivity contribution < 1.29 is 64.6 Å². The van der Waals surface area contributed by atoms with Crippen LogP contribution in [-0.4, -0.2) is 103 Å². The molecule has 3 fully saturated rings. The highest BCUT2D eigenvalue weighted by molar-refractivity contribution is 8.54. The standard InChI is InChI=1S/C45H56F2N8O14P2S/c46-35-38-33(67-43(35)55-27-52-37-40(49)50-26-51-41(37)55)24-64-71(61,69-39-32(23-63-70(59,60)68-38)66-42(36(39)47)54-21-19-34(56)53-45(54)58)72-25-28-11-15-31(16-12-28)65-44(57)29-13-17-30(18-14-29)62-22-10-8-6-4-2-1-3-5-7-9-20-48/h11-19,21,26-27,32-33,35-36,38-39,42-43H,1-10,20,22-25,48H2,(H,59,60)(H2,49,50,51)(H,53,56,58)/t32-,33-,35-,36-,38-,39-,42-,43-,71?/m1/s1. The molecule has 6 N–H and O–H groups in total. The van der Waals surface area contributed by atoms with Crippen LogP contribution < -0.4 is 32.2 Å². The molecule has 0 aliphatic carbocycles. The molecular weight excluding hydrogens is 1010 g/mol. The number of hydrogen-bond donors (Lipinski definition) is 4. The maximum absolute atomic E-state index is 16.5. The van der Waals surface area contributed by atoms with Gasteiger partial charge in [0.1, 0.15) is 47.8 Å². The number of fused-ring (bicyclic) bond motifs is 3. The van der Waals surface area contributed by atoms with Crippen LogP contribution in [0.25, 0.3) is 11.2 Å². The molecule has 3 aliphatic heterocycles. The Balaban J connectivity index is 0.913. The summed E-state index contributed by atoms with van der Waals surface area (Å²) in [6, 6.07) is 13.7. The fourth-order valence-electron chi connectivity index (χ4n) is 8.32. The van der Waals surface area contributed by atoms with Gasteiger partial charge in [0.05, 0.1) is 31.7 Å². The van der Waals surface area contributed by atoms with E-state index in [9.17, 15) is 28.4 Å². The van der Waals surface area contributed by atoms with Gasteiger partial charge < -0.3 is 35.3 Å². The maximum atomic E-state index is 16.5. The summed E-state index contributed by atoms with van der Waals surface area (Å²) in [7, 11) is -5.24. The Morgan fingerprint density at radius 3 is 2.07 bits per heavy atom. The van der Waals surface area contributed by atoms with E-state index >= 15 is 8.78 Å². The highest BCUT2D eigenvalue weighted by Crippen LogP contribution is 2.65. The number of nitrogen functional groups attached to an aromatic ring is 1. The van der Waals surface area contributed by atoms with Gasteiger partial charge >= 0.3 is 26.3 Å². The molecule has 0 radical (unpaired) electrons. The monoisotopic (exact) mass is 1060 g/mol. The average molecular weight is 1060 g/mol. The molecule has 72 heavy (non-hydrogen) atoms. The second kappa shape index (κ2) is 24.4. The van der Waals surface area contributed by atoms with E-state index in [1.54, 1.807) is 36.4 Å². The summed E-state index contributed by atoms with van der Waals surface area (Å²) >= 11 is 0.595. The summed E-state index contributed by atoms with van der Waals surface area (Å²) in [5.74, 6) is 0.0779. The molecule has 3 aromatic heterocycles. The highest BCUT2D eigenvalue weighted by atomic mass is 32.7. The number of benzene rings is 2. The number of halogens is 2. The summed E-state index contributed by atoms with van der Waals surface area (Å²) in [4.78, 5) is 62.5. The van der Waals surface area contributed by atoms with Crippen molar-refractivity contribution in [1.29, 1.82) is 0 Å². The Bertz CT molecular complexity index is 2830. The number of aromatic nitrogens is 6. The lowest BCUT2D eigenvalue weighted by Gasteiger charge is -2.29. The third kappa shape index (κ3) is 13.4. The lowest BCUT2D eigenvalue weighted by molar-refractivity contribution is -0.0619. The predicted octanol–water partition coefficient (Wildman–Crippen LogP) is 6.85. The second-order valence-corrected chi connectivity index (χ2v) is 22.7. The molecule has 3 saturated heterocycles. The zero-order valence-corrected chi connectivity index (χ0v) is 41.5. The Morgan fingerprint density at radius 1 is 0.792 bits per heavy atom. The number of esters is 1. The number of aromatic amines is 1. The first-order valence-electron chi connectivity index (χ1n) is 23.5. The first kappa shape index (κ1) is 53.4. The number of hydrogen-bond acceptors (Lipinski definition) is 19. The Hall–Kier alpha value is -4.91. The van der Waals surface area contributed by atoms with Gasteiger partial charge in [-0.1, -0.05) is 63.5 Å². The lowest BCUT2D eigenvalue weighted by Crippen LogP contribution is -2.38. The highest BCUT2D eigenvalue weighted by Gasteiger charge is 2.55. The number of nitrogens with one attached hydrogen (secondary N) is 1. The smallest absolute Gasteiger partial charge is 0.472 e. The molecule has 0 amide bonds. The maximum Gasteiger partial charge on any atom is 0.472 e. The van der Waals surface area contributed by atoms with Crippen LogP contribution >= 0.6 is 26.0 Å². The third-order valence-electron chi connectivity index (χ3n) is 12.1. The van der Waals surface area contributed by atoms with Crippen molar-refractivity contribution in [3.8, 4) is 11.5 Å². The molecule has 390 valence electrons. The van der Waals surface area contributed by atoms with E-state index in [1.165, 1.54) is 57.0 Å². The zero-order valence-electron chi connectivity index (χ0n) is 38.9. The van der Waals surface area contributed by atoms with Crippen molar-refractivity contribution in [1.82, 2.24) is 29.1 Å². The zero-order chi connectivity index (χ0) is 50.8. The molecule has 8 rings (SSSR count). The third-order valence-corrected chi connectivity index (χ3v) is 16.7. The second-order valence-electron chi connectivity index (χ2n) is 17.3. The number of anilines is 1. The van der Waals surface area contributed by atoms with Crippen LogP contribution in [0.4, 0.5) is 14.6 Å². The summed E-state index contributed by atoms with van der Waals surface area (Å²) in [6.45, 7) is -5.09. The number of nitrogens with zero attached hydrogens (tertiary/aromatic N) is 5. The number of alkyl halides is 2. The van der Waals surface area contributed by atoms with Gasteiger partial charge in [0.2, 0.25) is 0 Å². The molecule has 5 aromatic rings. The van der Waals surface area contributed by atoms with Crippen molar-refractivity contribution in [2.24, 2.45) is 5.73 Å². The first-order valence-corrected chi connectivity index (χ1v) is 28.1. The number of carbonyl (C=O) groups excluding carboxylic acids is 1. The molecule has 2 aromatic carbocycles. The van der Waals surface area contributed by atoms with Gasteiger partial charge in [-0.3, -0.25) is 37.0 Å². The van der Waals surface area contributed by atoms with Crippen molar-refractivity contribution in [3.63, 3.8) is 0 Å². The van der Waals surface area contributed by atoms with Crippen LogP contribution in [0.1, 0.15) is 92.6 Å². The van der Waals surface area contributed by atoms with E-state index in [0.29, 0.717) is 39.4 Å². The summed E-state index contributed by atoms with van der Waals surface area (Å²) in [5.41, 5.74) is 10.6. The largest absolute Gasteiger partial charge is 0.494 e. The minimum absolute atomic E-state index is 0.0151. The van der Waals surface area contributed by atoms with Gasteiger partial charge in [-0.05, 0) is 72.7 Å². The van der Waals surface area contributed by atoms with Gasteiger partial charge in [0.15, 0.2) is 36.3 Å². The number of phosphoric ester groups is 1. The van der Waals surface area contributed by atoms with E-state index in [2.05, 4.69) is 15.0 Å². The van der Waals surface area contributed by atoms with Crippen molar-refractivity contribution in [2.45, 2.75) is 119 Å². The number of H-pyrrole nitrogens is 1. The number of imidazole rings is 1. The van der Waals surface area contributed by atoms with Crippen molar-refractivity contribution >= 4 is 49.0 Å². The Labute approximate surface area is 415 Å². The molecule has 0 bridgehead atoms. The van der Waals surface area contributed by atoms with Crippen LogP contribution in [0.15, 0.2) is 83.0 Å². The summed E-state index contributed by atoms with van der Waals surface area (Å²) < 4.78 is 109. The first-order chi connectivity index (χ1) is 34.7.